The fraction of sp³-hybridized carbons (Fsp3) is 0.385. The van der Waals surface area contributed by atoms with Gasteiger partial charge in [0.2, 0.25) is 15.9 Å². The molecule has 11 heteroatoms. The number of alkyl halides is 3. The van der Waals surface area contributed by atoms with E-state index < -0.39 is 32.8 Å². The van der Waals surface area contributed by atoms with Crippen molar-refractivity contribution in [3.8, 4) is 0 Å². The maximum Gasteiger partial charge on any atom is 0.395 e. The first-order valence-corrected chi connectivity index (χ1v) is 13.9. The normalized spacial score (nSPS) is 23.6. The fourth-order valence-electron chi connectivity index (χ4n) is 5.77. The zero-order valence-electron chi connectivity index (χ0n) is 19.6. The van der Waals surface area contributed by atoms with Gasteiger partial charge in [0.15, 0.2) is 0 Å². The number of carbonyl (C=O) groups excluding carboxylic acids is 1. The molecule has 2 aliphatic heterocycles. The minimum Gasteiger partial charge on any atom is -0.309 e. The van der Waals surface area contributed by atoms with Crippen LogP contribution in [0, 0.1) is 5.41 Å². The highest BCUT2D eigenvalue weighted by atomic mass is 35.5. The second kappa shape index (κ2) is 8.15. The first-order valence-electron chi connectivity index (χ1n) is 11.9. The topological polar surface area (TPSA) is 70.6 Å². The Morgan fingerprint density at radius 3 is 2.54 bits per heavy atom. The van der Waals surface area contributed by atoms with Crippen LogP contribution in [0.3, 0.4) is 0 Å². The number of anilines is 1. The average Bonchev–Trinajstić information content (AvgIpc) is 3.57. The Morgan fingerprint density at radius 2 is 1.81 bits per heavy atom. The maximum atomic E-state index is 14.2. The van der Waals surface area contributed by atoms with Crippen LogP contribution < -0.4 is 4.90 Å². The van der Waals surface area contributed by atoms with Gasteiger partial charge in [0.05, 0.1) is 28.5 Å². The lowest BCUT2D eigenvalue weighted by molar-refractivity contribution is -0.180. The molecular formula is C26H23ClF3N3O3S. The zero-order chi connectivity index (χ0) is 26.2. The lowest BCUT2D eigenvalue weighted by Crippen LogP contribution is -2.53. The maximum absolute atomic E-state index is 14.2. The summed E-state index contributed by atoms with van der Waals surface area (Å²) in [7, 11) is -4.32. The molecular weight excluding hydrogens is 527 g/mol. The Hall–Kier alpha value is -2.69. The Balaban J connectivity index is 1.41. The van der Waals surface area contributed by atoms with Crippen LogP contribution in [0.25, 0.3) is 10.8 Å². The Labute approximate surface area is 217 Å². The number of hydrogen-bond acceptors (Lipinski definition) is 4. The number of benzene rings is 2. The summed E-state index contributed by atoms with van der Waals surface area (Å²) in [5.41, 5.74) is -1.67. The Morgan fingerprint density at radius 1 is 1.05 bits per heavy atom. The minimum atomic E-state index is -4.60. The molecule has 37 heavy (non-hydrogen) atoms. The van der Waals surface area contributed by atoms with E-state index in [2.05, 4.69) is 4.98 Å². The van der Waals surface area contributed by atoms with Crippen molar-refractivity contribution < 1.29 is 26.4 Å². The highest BCUT2D eigenvalue weighted by molar-refractivity contribution is 7.89. The summed E-state index contributed by atoms with van der Waals surface area (Å²) in [4.78, 5) is 20.1. The molecule has 1 spiro atoms. The van der Waals surface area contributed by atoms with E-state index in [0.29, 0.717) is 34.8 Å². The monoisotopic (exact) mass is 549 g/mol. The number of aromatic nitrogens is 1. The number of nitrogens with zero attached hydrogens (tertiary/aromatic N) is 3. The molecule has 1 saturated carbocycles. The summed E-state index contributed by atoms with van der Waals surface area (Å²) < 4.78 is 68.8. The first kappa shape index (κ1) is 24.6. The molecule has 1 atom stereocenters. The molecule has 1 aromatic heterocycles. The lowest BCUT2D eigenvalue weighted by Gasteiger charge is -2.40. The molecule has 0 radical (unpaired) electrons. The zero-order valence-corrected chi connectivity index (χ0v) is 21.2. The molecule has 194 valence electrons. The molecule has 6 rings (SSSR count). The van der Waals surface area contributed by atoms with Gasteiger partial charge in [-0.2, -0.15) is 17.5 Å². The molecule has 3 aromatic rings. The van der Waals surface area contributed by atoms with Gasteiger partial charge in [-0.3, -0.25) is 9.78 Å². The van der Waals surface area contributed by atoms with Crippen LogP contribution >= 0.6 is 11.6 Å². The molecule has 1 saturated heterocycles. The molecule has 1 amide bonds. The predicted molar refractivity (Wildman–Crippen MR) is 134 cm³/mol. The standard InChI is InChI=1S/C26H23ClF3N3O3S/c27-19-6-5-18-14-32(37(35,36)16-24(7-8-24)26(28,29)30)15-25(21(18)11-19)9-10-33(23(25)34)22-13-31-12-17-3-1-2-4-20(17)22/h1-6,11-13H,7-10,14-16H2. The van der Waals surface area contributed by atoms with Gasteiger partial charge in [-0.25, -0.2) is 8.42 Å². The number of amides is 1. The van der Waals surface area contributed by atoms with E-state index in [4.69, 9.17) is 11.6 Å². The van der Waals surface area contributed by atoms with Gasteiger partial charge in [-0.15, -0.1) is 0 Å². The van der Waals surface area contributed by atoms with Crippen molar-refractivity contribution in [2.24, 2.45) is 5.41 Å². The highest BCUT2D eigenvalue weighted by Crippen LogP contribution is 2.59. The highest BCUT2D eigenvalue weighted by Gasteiger charge is 2.66. The van der Waals surface area contributed by atoms with E-state index in [0.717, 1.165) is 15.1 Å². The van der Waals surface area contributed by atoms with Gasteiger partial charge in [0.1, 0.15) is 0 Å². The third-order valence-corrected chi connectivity index (χ3v) is 10.2. The van der Waals surface area contributed by atoms with Gasteiger partial charge in [-0.05, 0) is 42.5 Å². The summed E-state index contributed by atoms with van der Waals surface area (Å²) >= 11 is 6.30. The smallest absolute Gasteiger partial charge is 0.309 e. The fourth-order valence-corrected chi connectivity index (χ4v) is 8.03. The summed E-state index contributed by atoms with van der Waals surface area (Å²) in [6.07, 6.45) is -1.41. The first-order chi connectivity index (χ1) is 17.5. The van der Waals surface area contributed by atoms with Gasteiger partial charge >= 0.3 is 6.18 Å². The molecule has 6 nitrogen and oxygen atoms in total. The largest absolute Gasteiger partial charge is 0.395 e. The summed E-state index contributed by atoms with van der Waals surface area (Å²) in [6.45, 7) is -0.0291. The van der Waals surface area contributed by atoms with Crippen molar-refractivity contribution in [2.75, 3.05) is 23.7 Å². The molecule has 2 fully saturated rings. The van der Waals surface area contributed by atoms with Crippen molar-refractivity contribution in [3.05, 3.63) is 71.0 Å². The molecule has 2 aromatic carbocycles. The number of halogens is 4. The third kappa shape index (κ3) is 3.83. The van der Waals surface area contributed by atoms with Gasteiger partial charge in [-0.1, -0.05) is 41.9 Å². The van der Waals surface area contributed by atoms with E-state index in [9.17, 15) is 26.4 Å². The second-order valence-electron chi connectivity index (χ2n) is 10.3. The van der Waals surface area contributed by atoms with Crippen LogP contribution in [0.2, 0.25) is 5.02 Å². The number of carbonyl (C=O) groups is 1. The van der Waals surface area contributed by atoms with E-state index in [1.807, 2.05) is 24.3 Å². The average molecular weight is 550 g/mol. The van der Waals surface area contributed by atoms with E-state index >= 15 is 0 Å². The number of fused-ring (bicyclic) bond motifs is 3. The van der Waals surface area contributed by atoms with Crippen LogP contribution in [-0.2, 0) is 26.8 Å². The van der Waals surface area contributed by atoms with E-state index in [1.54, 1.807) is 35.5 Å². The van der Waals surface area contributed by atoms with Gasteiger partial charge in [0, 0.05) is 41.6 Å². The quantitative estimate of drug-likeness (QED) is 0.457. The summed E-state index contributed by atoms with van der Waals surface area (Å²) in [6, 6.07) is 12.5. The SMILES string of the molecule is O=C1N(c2cncc3ccccc23)CCC12CN(S(=O)(=O)CC1(C(F)(F)F)CC1)Cc1ccc(Cl)cc12. The van der Waals surface area contributed by atoms with Crippen molar-refractivity contribution in [3.63, 3.8) is 0 Å². The molecule has 0 N–H and O–H groups in total. The summed E-state index contributed by atoms with van der Waals surface area (Å²) in [5.74, 6) is -1.32. The van der Waals surface area contributed by atoms with Crippen molar-refractivity contribution in [1.82, 2.24) is 9.29 Å². The molecule has 0 bridgehead atoms. The number of rotatable bonds is 4. The van der Waals surface area contributed by atoms with Crippen LogP contribution in [0.1, 0.15) is 30.4 Å². The predicted octanol–water partition coefficient (Wildman–Crippen LogP) is 5.05. The summed E-state index contributed by atoms with van der Waals surface area (Å²) in [5, 5.41) is 2.09. The van der Waals surface area contributed by atoms with Crippen LogP contribution in [0.4, 0.5) is 18.9 Å². The van der Waals surface area contributed by atoms with Crippen molar-refractivity contribution >= 4 is 44.0 Å². The molecule has 3 aliphatic rings. The Kier molecular flexibility index (Phi) is 5.43. The van der Waals surface area contributed by atoms with Crippen molar-refractivity contribution in [1.29, 1.82) is 0 Å². The number of hydrogen-bond donors (Lipinski definition) is 0. The van der Waals surface area contributed by atoms with Crippen LogP contribution in [0.15, 0.2) is 54.9 Å². The number of pyridine rings is 1. The Bertz CT molecular complexity index is 1540. The van der Waals surface area contributed by atoms with Crippen LogP contribution in [0.5, 0.6) is 0 Å². The number of sulfonamides is 1. The second-order valence-corrected chi connectivity index (χ2v) is 12.7. The van der Waals surface area contributed by atoms with Crippen LogP contribution in [-0.4, -0.2) is 48.6 Å². The molecule has 1 aliphatic carbocycles. The third-order valence-electron chi connectivity index (χ3n) is 8.04. The van der Waals surface area contributed by atoms with Gasteiger partial charge < -0.3 is 4.90 Å². The van der Waals surface area contributed by atoms with Crippen molar-refractivity contribution in [2.45, 2.75) is 37.4 Å². The molecule has 3 heterocycles. The molecule has 1 unspecified atom stereocenters. The minimum absolute atomic E-state index is 0.104. The van der Waals surface area contributed by atoms with E-state index in [1.165, 1.54) is 0 Å². The van der Waals surface area contributed by atoms with Gasteiger partial charge in [0.25, 0.3) is 0 Å². The van der Waals surface area contributed by atoms with E-state index in [-0.39, 0.29) is 31.8 Å². The lowest BCUT2D eigenvalue weighted by atomic mass is 9.74.